The summed E-state index contributed by atoms with van der Waals surface area (Å²) in [6, 6.07) is 26.8. The van der Waals surface area contributed by atoms with Gasteiger partial charge in [-0.05, 0) is 149 Å². The first-order chi connectivity index (χ1) is 28.4. The van der Waals surface area contributed by atoms with Crippen molar-refractivity contribution in [1.29, 1.82) is 0 Å². The van der Waals surface area contributed by atoms with Crippen LogP contribution in [-0.4, -0.2) is 5.54 Å². The Kier molecular flexibility index (Phi) is 10.6. The van der Waals surface area contributed by atoms with Crippen molar-refractivity contribution in [2.45, 2.75) is 116 Å². The molecule has 0 saturated heterocycles. The van der Waals surface area contributed by atoms with Crippen molar-refractivity contribution in [2.24, 2.45) is 16.6 Å². The molecule has 1 heterocycles. The maximum atomic E-state index is 7.51. The molecule has 0 bridgehead atoms. The highest BCUT2D eigenvalue weighted by Gasteiger charge is 2.58. The van der Waals surface area contributed by atoms with Crippen LogP contribution in [0.4, 0.5) is 11.4 Å². The number of allylic oxidation sites excluding steroid dienone is 9. The molecule has 2 unspecified atom stereocenters. The van der Waals surface area contributed by atoms with Crippen molar-refractivity contribution in [3.8, 4) is 22.3 Å². The van der Waals surface area contributed by atoms with Gasteiger partial charge in [0.05, 0.1) is 11.2 Å². The van der Waals surface area contributed by atoms with E-state index in [1.54, 1.807) is 0 Å². The highest BCUT2D eigenvalue weighted by atomic mass is 32.1. The van der Waals surface area contributed by atoms with E-state index < -0.39 is 0 Å². The van der Waals surface area contributed by atoms with Gasteiger partial charge in [-0.25, -0.2) is 0 Å². The number of hydrogen-bond donors (Lipinski definition) is 2. The number of aryl methyl sites for hydroxylation is 2. The Labute approximate surface area is 366 Å². The SMILES string of the molecule is C=Cc1c(-c2ccccc2C)cc(N2c3c(C)cc(S)cc3C3(C)CCCCC23C)c(-c2ccccc2)c1C1=C\C/C=C2\C(=C/C(=C)C(=C)/C=C\1N)C(C)(C)CCC2(C)C. The summed E-state index contributed by atoms with van der Waals surface area (Å²) < 4.78 is 0. The second-order valence-corrected chi connectivity index (χ2v) is 20.3. The zero-order valence-electron chi connectivity index (χ0n) is 37.4. The number of anilines is 2. The molecule has 0 radical (unpaired) electrons. The van der Waals surface area contributed by atoms with Crippen molar-refractivity contribution in [3.63, 3.8) is 0 Å². The van der Waals surface area contributed by atoms with Gasteiger partial charge in [0, 0.05) is 38.4 Å². The lowest BCUT2D eigenvalue weighted by molar-refractivity contribution is 0.195. The maximum Gasteiger partial charge on any atom is 0.0518 e. The predicted molar refractivity (Wildman–Crippen MR) is 263 cm³/mol. The maximum absolute atomic E-state index is 7.51. The molecule has 2 nitrogen and oxygen atoms in total. The number of thiol groups is 1. The predicted octanol–water partition coefficient (Wildman–Crippen LogP) is 15.8. The topological polar surface area (TPSA) is 29.3 Å². The monoisotopic (exact) mass is 808 g/mol. The number of rotatable bonds is 5. The Balaban J connectivity index is 1.53. The van der Waals surface area contributed by atoms with Crippen molar-refractivity contribution in [3.05, 3.63) is 173 Å². The lowest BCUT2D eigenvalue weighted by Crippen LogP contribution is -2.54. The molecule has 0 aromatic heterocycles. The average molecular weight is 809 g/mol. The minimum atomic E-state index is -0.207. The summed E-state index contributed by atoms with van der Waals surface area (Å²) in [4.78, 5) is 3.77. The molecule has 1 aliphatic heterocycles. The van der Waals surface area contributed by atoms with Crippen LogP contribution in [0.15, 0.2) is 150 Å². The van der Waals surface area contributed by atoms with Gasteiger partial charge in [-0.3, -0.25) is 0 Å². The molecule has 2 atom stereocenters. The van der Waals surface area contributed by atoms with Gasteiger partial charge in [0.2, 0.25) is 0 Å². The normalized spacial score (nSPS) is 27.1. The molecule has 3 heteroatoms. The van der Waals surface area contributed by atoms with Crippen LogP contribution in [0.25, 0.3) is 33.9 Å². The van der Waals surface area contributed by atoms with Gasteiger partial charge in [0.1, 0.15) is 0 Å². The molecular formula is C57H64N2S. The molecule has 4 aliphatic rings. The van der Waals surface area contributed by atoms with Crippen LogP contribution in [0.5, 0.6) is 0 Å². The molecule has 8 rings (SSSR count). The summed E-state index contributed by atoms with van der Waals surface area (Å²) in [5.74, 6) is 0. The van der Waals surface area contributed by atoms with E-state index in [9.17, 15) is 0 Å². The van der Waals surface area contributed by atoms with Crippen LogP contribution in [-0.2, 0) is 5.41 Å². The van der Waals surface area contributed by atoms with E-state index in [1.165, 1.54) is 57.6 Å². The van der Waals surface area contributed by atoms with Crippen LogP contribution in [0.3, 0.4) is 0 Å². The minimum absolute atomic E-state index is 0.00923. The highest BCUT2D eigenvalue weighted by molar-refractivity contribution is 7.80. The molecule has 4 aromatic carbocycles. The Morgan fingerprint density at radius 2 is 1.35 bits per heavy atom. The summed E-state index contributed by atoms with van der Waals surface area (Å²) in [7, 11) is 0. The molecule has 60 heavy (non-hydrogen) atoms. The highest BCUT2D eigenvalue weighted by Crippen LogP contribution is 2.64. The van der Waals surface area contributed by atoms with Crippen molar-refractivity contribution < 1.29 is 0 Å². The van der Waals surface area contributed by atoms with Gasteiger partial charge in [-0.2, -0.15) is 0 Å². The third-order valence-electron chi connectivity index (χ3n) is 15.1. The van der Waals surface area contributed by atoms with Crippen molar-refractivity contribution >= 4 is 35.7 Å². The Hall–Kier alpha value is -4.99. The molecule has 0 amide bonds. The minimum Gasteiger partial charge on any atom is -0.398 e. The fraction of sp³-hybridized carbons (Fsp3) is 0.333. The standard InChI is InChI=1S/C57H64N2S/c1-12-42-45(43-24-17-16-21-36(43)2)35-50(59-53-39(5)31-41(60)34-48(53)56(10)27-18-19-28-57(56,59)11)51(40-22-14-13-15-23-40)52(42)44-25-20-26-46-47(32-37(3)38(4)33-49(44)58)55(8,9)30-29-54(46,6)7/h12-17,21-26,31-35,60H,1,3-4,18-20,27-30,58H2,2,5-11H3/b44-25-,46-26+,47-32+,49-33+. The molecule has 2 fully saturated rings. The lowest BCUT2D eigenvalue weighted by atomic mass is 9.60. The number of hydrogen-bond acceptors (Lipinski definition) is 3. The van der Waals surface area contributed by atoms with Crippen LogP contribution < -0.4 is 10.6 Å². The molecule has 4 aromatic rings. The van der Waals surface area contributed by atoms with Crippen molar-refractivity contribution in [1.82, 2.24) is 0 Å². The van der Waals surface area contributed by atoms with Gasteiger partial charge in [-0.15, -0.1) is 12.6 Å². The van der Waals surface area contributed by atoms with Gasteiger partial charge in [0.15, 0.2) is 0 Å². The lowest BCUT2D eigenvalue weighted by Gasteiger charge is -2.51. The fourth-order valence-corrected chi connectivity index (χ4v) is 11.6. The zero-order chi connectivity index (χ0) is 42.9. The Morgan fingerprint density at radius 3 is 2.05 bits per heavy atom. The third-order valence-corrected chi connectivity index (χ3v) is 15.3. The van der Waals surface area contributed by atoms with Gasteiger partial charge in [-0.1, -0.05) is 146 Å². The summed E-state index contributed by atoms with van der Waals surface area (Å²) in [6.07, 6.45) is 18.8. The number of benzene rings is 4. The zero-order valence-corrected chi connectivity index (χ0v) is 38.3. The molecule has 3 aliphatic carbocycles. The third kappa shape index (κ3) is 6.63. The summed E-state index contributed by atoms with van der Waals surface area (Å²) in [6.45, 7) is 32.8. The summed E-state index contributed by atoms with van der Waals surface area (Å²) in [5, 5.41) is 0. The van der Waals surface area contributed by atoms with E-state index in [-0.39, 0.29) is 21.8 Å². The van der Waals surface area contributed by atoms with E-state index in [4.69, 9.17) is 18.4 Å². The van der Waals surface area contributed by atoms with Crippen LogP contribution in [0, 0.1) is 24.7 Å². The Morgan fingerprint density at radius 1 is 0.700 bits per heavy atom. The fourth-order valence-electron chi connectivity index (χ4n) is 11.3. The van der Waals surface area contributed by atoms with Gasteiger partial charge >= 0.3 is 0 Å². The smallest absolute Gasteiger partial charge is 0.0518 e. The first kappa shape index (κ1) is 41.7. The van der Waals surface area contributed by atoms with E-state index in [2.05, 4.69) is 183 Å². The summed E-state index contributed by atoms with van der Waals surface area (Å²) in [5.41, 5.74) is 26.5. The van der Waals surface area contributed by atoms with E-state index in [0.29, 0.717) is 5.70 Å². The number of nitrogens with two attached hydrogens (primary N) is 1. The average Bonchev–Trinajstić information content (AvgIpc) is 3.40. The van der Waals surface area contributed by atoms with Gasteiger partial charge < -0.3 is 10.6 Å². The molecular weight excluding hydrogens is 745 g/mol. The van der Waals surface area contributed by atoms with E-state index in [1.807, 2.05) is 0 Å². The van der Waals surface area contributed by atoms with Crippen LogP contribution in [0.1, 0.15) is 114 Å². The number of nitrogens with zero attached hydrogens (tertiary/aromatic N) is 1. The van der Waals surface area contributed by atoms with Crippen LogP contribution in [0.2, 0.25) is 0 Å². The number of fused-ring (bicyclic) bond motifs is 4. The van der Waals surface area contributed by atoms with Gasteiger partial charge in [0.25, 0.3) is 0 Å². The second-order valence-electron chi connectivity index (χ2n) is 19.7. The Bertz CT molecular complexity index is 2590. The molecule has 0 spiro atoms. The quantitative estimate of drug-likeness (QED) is 0.197. The van der Waals surface area contributed by atoms with E-state index in [0.717, 1.165) is 81.5 Å². The van der Waals surface area contributed by atoms with Crippen molar-refractivity contribution in [2.75, 3.05) is 4.90 Å². The second kappa shape index (κ2) is 15.2. The largest absolute Gasteiger partial charge is 0.398 e. The first-order valence-corrected chi connectivity index (χ1v) is 22.5. The summed E-state index contributed by atoms with van der Waals surface area (Å²) >= 11 is 4.99. The molecule has 308 valence electrons. The molecule has 2 saturated carbocycles. The van der Waals surface area contributed by atoms with Crippen LogP contribution >= 0.6 is 12.6 Å². The van der Waals surface area contributed by atoms with E-state index >= 15 is 0 Å². The molecule has 2 N–H and O–H groups in total. The first-order valence-electron chi connectivity index (χ1n) is 22.0.